The molecular formula is C11H15NO3. The van der Waals surface area contributed by atoms with E-state index in [0.717, 1.165) is 19.3 Å². The zero-order valence-electron chi connectivity index (χ0n) is 8.81. The Morgan fingerprint density at radius 3 is 3.00 bits per heavy atom. The van der Waals surface area contributed by atoms with Crippen LogP contribution in [0.4, 0.5) is 0 Å². The van der Waals surface area contributed by atoms with Gasteiger partial charge in [-0.25, -0.2) is 4.79 Å². The highest BCUT2D eigenvalue weighted by Gasteiger charge is 2.09. The van der Waals surface area contributed by atoms with Gasteiger partial charge in [-0.1, -0.05) is 19.8 Å². The van der Waals surface area contributed by atoms with E-state index >= 15 is 0 Å². The van der Waals surface area contributed by atoms with Crippen molar-refractivity contribution in [2.24, 2.45) is 0 Å². The first-order valence-electron chi connectivity index (χ1n) is 5.10. The van der Waals surface area contributed by atoms with Crippen molar-refractivity contribution >= 4 is 5.97 Å². The Kier molecular flexibility index (Phi) is 4.60. The summed E-state index contributed by atoms with van der Waals surface area (Å²) in [4.78, 5) is 11.4. The maximum atomic E-state index is 11.4. The molecular weight excluding hydrogens is 194 g/mol. The minimum absolute atomic E-state index is 0.295. The second kappa shape index (κ2) is 6.01. The van der Waals surface area contributed by atoms with Gasteiger partial charge in [-0.15, -0.1) is 0 Å². The van der Waals surface area contributed by atoms with E-state index in [1.54, 1.807) is 6.07 Å². The monoisotopic (exact) mass is 209 g/mol. The van der Waals surface area contributed by atoms with Crippen molar-refractivity contribution < 1.29 is 14.3 Å². The van der Waals surface area contributed by atoms with Crippen LogP contribution in [0.2, 0.25) is 0 Å². The molecule has 0 saturated carbocycles. The Morgan fingerprint density at radius 2 is 2.33 bits per heavy atom. The van der Waals surface area contributed by atoms with Gasteiger partial charge in [0, 0.05) is 6.07 Å². The molecule has 0 amide bonds. The van der Waals surface area contributed by atoms with E-state index in [9.17, 15) is 10.0 Å². The highest BCUT2D eigenvalue weighted by molar-refractivity contribution is 5.88. The van der Waals surface area contributed by atoms with Gasteiger partial charge in [0.1, 0.15) is 5.56 Å². The summed E-state index contributed by atoms with van der Waals surface area (Å²) in [6.07, 6.45) is 5.54. The molecule has 4 nitrogen and oxygen atoms in total. The van der Waals surface area contributed by atoms with Crippen LogP contribution in [0.25, 0.3) is 0 Å². The Balaban J connectivity index is 2.40. The molecule has 15 heavy (non-hydrogen) atoms. The van der Waals surface area contributed by atoms with E-state index < -0.39 is 5.97 Å². The summed E-state index contributed by atoms with van der Waals surface area (Å²) in [6.45, 7) is 2.50. The van der Waals surface area contributed by atoms with Gasteiger partial charge in [0.25, 0.3) is 0 Å². The second-order valence-corrected chi connectivity index (χ2v) is 3.30. The van der Waals surface area contributed by atoms with E-state index in [2.05, 4.69) is 6.92 Å². The summed E-state index contributed by atoms with van der Waals surface area (Å²) in [6, 6.07) is 3.09. The number of ether oxygens (including phenoxy) is 1. The van der Waals surface area contributed by atoms with Crippen LogP contribution >= 0.6 is 0 Å². The molecule has 0 bridgehead atoms. The van der Waals surface area contributed by atoms with E-state index in [0.29, 0.717) is 16.9 Å². The molecule has 1 aromatic heterocycles. The number of aromatic nitrogens is 1. The third kappa shape index (κ3) is 3.97. The predicted octanol–water partition coefficient (Wildman–Crippen LogP) is 1.67. The molecule has 82 valence electrons. The van der Waals surface area contributed by atoms with Gasteiger partial charge in [0.05, 0.1) is 6.61 Å². The molecule has 0 aliphatic heterocycles. The highest BCUT2D eigenvalue weighted by atomic mass is 16.5. The van der Waals surface area contributed by atoms with Crippen LogP contribution in [-0.2, 0) is 4.74 Å². The summed E-state index contributed by atoms with van der Waals surface area (Å²) in [7, 11) is 0. The number of hydrogen-bond acceptors (Lipinski definition) is 3. The topological polar surface area (TPSA) is 53.2 Å². The van der Waals surface area contributed by atoms with Crippen molar-refractivity contribution in [3.05, 3.63) is 35.3 Å². The molecule has 0 unspecified atom stereocenters. The van der Waals surface area contributed by atoms with Gasteiger partial charge in [0.2, 0.25) is 0 Å². The fourth-order valence-corrected chi connectivity index (χ4v) is 1.18. The lowest BCUT2D eigenvalue weighted by atomic mass is 10.2. The van der Waals surface area contributed by atoms with Crippen molar-refractivity contribution in [2.75, 3.05) is 6.61 Å². The first-order valence-corrected chi connectivity index (χ1v) is 5.10. The molecule has 0 radical (unpaired) electrons. The Bertz CT molecular complexity index is 325. The number of carbonyl (C=O) groups is 1. The smallest absolute Gasteiger partial charge is 0.344 e. The summed E-state index contributed by atoms with van der Waals surface area (Å²) in [5, 5.41) is 10.9. The van der Waals surface area contributed by atoms with E-state index in [4.69, 9.17) is 4.74 Å². The lowest BCUT2D eigenvalue weighted by Crippen LogP contribution is -2.26. The molecule has 4 heteroatoms. The zero-order valence-corrected chi connectivity index (χ0v) is 8.81. The molecule has 0 aromatic carbocycles. The van der Waals surface area contributed by atoms with Gasteiger partial charge in [0.15, 0.2) is 12.4 Å². The van der Waals surface area contributed by atoms with Gasteiger partial charge in [-0.3, -0.25) is 0 Å². The number of nitrogens with zero attached hydrogens (tertiary/aromatic N) is 1. The van der Waals surface area contributed by atoms with Crippen LogP contribution in [0.1, 0.15) is 36.5 Å². The third-order valence-corrected chi connectivity index (χ3v) is 1.99. The average molecular weight is 209 g/mol. The molecule has 0 fully saturated rings. The van der Waals surface area contributed by atoms with Crippen molar-refractivity contribution in [1.82, 2.24) is 0 Å². The van der Waals surface area contributed by atoms with Crippen LogP contribution in [0, 0.1) is 5.21 Å². The zero-order chi connectivity index (χ0) is 11.1. The maximum Gasteiger partial charge on any atom is 0.344 e. The normalized spacial score (nSPS) is 9.93. The van der Waals surface area contributed by atoms with Gasteiger partial charge >= 0.3 is 5.97 Å². The molecule has 1 rings (SSSR count). The van der Waals surface area contributed by atoms with Crippen molar-refractivity contribution in [2.45, 2.75) is 26.2 Å². The number of esters is 1. The summed E-state index contributed by atoms with van der Waals surface area (Å²) >= 11 is 0. The van der Waals surface area contributed by atoms with Crippen molar-refractivity contribution in [3.63, 3.8) is 0 Å². The second-order valence-electron chi connectivity index (χ2n) is 3.30. The van der Waals surface area contributed by atoms with Crippen LogP contribution < -0.4 is 4.73 Å². The van der Waals surface area contributed by atoms with Crippen LogP contribution in [-0.4, -0.2) is 12.6 Å². The van der Waals surface area contributed by atoms with Crippen LogP contribution in [0.3, 0.4) is 0 Å². The number of pyridine rings is 1. The largest absolute Gasteiger partial charge is 0.619 e. The fourth-order valence-electron chi connectivity index (χ4n) is 1.18. The third-order valence-electron chi connectivity index (χ3n) is 1.99. The van der Waals surface area contributed by atoms with E-state index in [1.165, 1.54) is 18.5 Å². The summed E-state index contributed by atoms with van der Waals surface area (Å²) in [5.74, 6) is -0.434. The van der Waals surface area contributed by atoms with E-state index in [-0.39, 0.29) is 0 Å². The molecule has 0 saturated heterocycles. The number of rotatable bonds is 5. The first kappa shape index (κ1) is 11.5. The predicted molar refractivity (Wildman–Crippen MR) is 55.2 cm³/mol. The SMILES string of the molecule is CCCCCOC(=O)c1ccc[n+]([O-])c1. The number of hydrogen-bond donors (Lipinski definition) is 0. The first-order chi connectivity index (χ1) is 7.24. The average Bonchev–Trinajstić information content (AvgIpc) is 2.24. The van der Waals surface area contributed by atoms with Crippen LogP contribution in [0.15, 0.2) is 24.5 Å². The molecule has 0 spiro atoms. The number of carbonyl (C=O) groups excluding carboxylic acids is 1. The molecule has 0 atom stereocenters. The van der Waals surface area contributed by atoms with Crippen LogP contribution in [0.5, 0.6) is 0 Å². The Hall–Kier alpha value is -1.58. The summed E-state index contributed by atoms with van der Waals surface area (Å²) in [5.41, 5.74) is 0.295. The highest BCUT2D eigenvalue weighted by Crippen LogP contribution is 2.00. The Labute approximate surface area is 89.1 Å². The lowest BCUT2D eigenvalue weighted by molar-refractivity contribution is -0.605. The summed E-state index contributed by atoms with van der Waals surface area (Å²) < 4.78 is 5.58. The lowest BCUT2D eigenvalue weighted by Gasteiger charge is -2.03. The minimum Gasteiger partial charge on any atom is -0.619 e. The van der Waals surface area contributed by atoms with E-state index in [1.807, 2.05) is 0 Å². The Morgan fingerprint density at radius 1 is 1.53 bits per heavy atom. The standard InChI is InChI=1S/C11H15NO3/c1-2-3-4-8-15-11(13)10-6-5-7-12(14)9-10/h5-7,9H,2-4,8H2,1H3. The molecule has 0 N–H and O–H groups in total. The quantitative estimate of drug-likeness (QED) is 0.321. The number of unbranched alkanes of at least 4 members (excludes halogenated alkanes) is 2. The molecule has 0 aliphatic rings. The molecule has 1 heterocycles. The van der Waals surface area contributed by atoms with Gasteiger partial charge in [-0.05, 0) is 12.5 Å². The van der Waals surface area contributed by atoms with Gasteiger partial charge in [-0.2, -0.15) is 4.73 Å². The maximum absolute atomic E-state index is 11.4. The fraction of sp³-hybridized carbons (Fsp3) is 0.455. The molecule has 1 aromatic rings. The van der Waals surface area contributed by atoms with Crippen molar-refractivity contribution in [3.8, 4) is 0 Å². The molecule has 0 aliphatic carbocycles. The van der Waals surface area contributed by atoms with Crippen molar-refractivity contribution in [1.29, 1.82) is 0 Å². The van der Waals surface area contributed by atoms with Gasteiger partial charge < -0.3 is 9.94 Å². The minimum atomic E-state index is -0.434.